The minimum absolute atomic E-state index is 0.0464. The summed E-state index contributed by atoms with van der Waals surface area (Å²) >= 11 is 0. The van der Waals surface area contributed by atoms with Crippen LogP contribution in [0, 0.1) is 17.8 Å². The number of imidazole rings is 1. The van der Waals surface area contributed by atoms with E-state index in [0.717, 1.165) is 31.2 Å². The summed E-state index contributed by atoms with van der Waals surface area (Å²) in [4.78, 5) is 65.0. The molecular weight excluding hydrogens is 648 g/mol. The topological polar surface area (TPSA) is 157 Å². The Balaban J connectivity index is 1.93. The summed E-state index contributed by atoms with van der Waals surface area (Å²) in [6.45, 7) is 9.35. The molecule has 0 spiro atoms. The Kier molecular flexibility index (Phi) is 16.0. The maximum atomic E-state index is 14.4. The summed E-state index contributed by atoms with van der Waals surface area (Å²) in [5, 5.41) is 17.7. The van der Waals surface area contributed by atoms with Crippen molar-refractivity contribution in [1.29, 1.82) is 0 Å². The molecule has 1 aliphatic carbocycles. The number of carbonyl (C=O) groups excluding carboxylic acids is 4. The number of aliphatic hydroxyl groups excluding tert-OH is 1. The highest BCUT2D eigenvalue weighted by molar-refractivity contribution is 5.91. The zero-order chi connectivity index (χ0) is 37.7. The van der Waals surface area contributed by atoms with Crippen molar-refractivity contribution in [2.45, 2.75) is 129 Å². The van der Waals surface area contributed by atoms with Crippen molar-refractivity contribution in [3.8, 4) is 0 Å². The first-order valence-electron chi connectivity index (χ1n) is 18.5. The van der Waals surface area contributed by atoms with Gasteiger partial charge in [0.2, 0.25) is 17.7 Å². The summed E-state index contributed by atoms with van der Waals surface area (Å²) in [6, 6.07) is 6.68. The van der Waals surface area contributed by atoms with Crippen molar-refractivity contribution >= 4 is 23.8 Å². The first-order valence-corrected chi connectivity index (χ1v) is 18.5. The molecule has 4 N–H and O–H groups in total. The first-order chi connectivity index (χ1) is 24.0. The lowest BCUT2D eigenvalue weighted by Gasteiger charge is -2.35. The van der Waals surface area contributed by atoms with Gasteiger partial charge in [0.1, 0.15) is 17.7 Å². The van der Waals surface area contributed by atoms with Crippen LogP contribution in [0.1, 0.15) is 97.2 Å². The molecule has 51 heavy (non-hydrogen) atoms. The average Bonchev–Trinajstić information content (AvgIpc) is 3.58. The molecular formula is C39H62N6O6. The standard InChI is InChI=1S/C39H62N6O6/c1-26(2)19-29(36(48)44(6)7)22-34(46)31(20-27-15-11-9-12-16-27)42-35(47)33(23-30-24-40-25-41-30)45(8)37(49)32(21-28-17-13-10-14-18-28)43-38(50)51-39(3,4)5/h10,13-14,17-18,24-27,29,31-34,46H,9,11-12,15-16,19-23H2,1-8H3,(H,40,41)(H,42,47)(H,43,50)/t29-,31+,32?,33?,34+/m1/s1. The van der Waals surface area contributed by atoms with E-state index >= 15 is 0 Å². The Morgan fingerprint density at radius 2 is 1.63 bits per heavy atom. The molecule has 12 heteroatoms. The third-order valence-electron chi connectivity index (χ3n) is 9.53. The van der Waals surface area contributed by atoms with Gasteiger partial charge in [0, 0.05) is 51.8 Å². The van der Waals surface area contributed by atoms with E-state index < -0.39 is 53.7 Å². The van der Waals surface area contributed by atoms with Gasteiger partial charge in [0.15, 0.2) is 0 Å². The molecule has 0 aliphatic heterocycles. The Labute approximate surface area is 304 Å². The number of nitrogens with one attached hydrogen (secondary N) is 3. The maximum Gasteiger partial charge on any atom is 0.408 e. The molecule has 12 nitrogen and oxygen atoms in total. The van der Waals surface area contributed by atoms with Gasteiger partial charge >= 0.3 is 6.09 Å². The fraction of sp³-hybridized carbons (Fsp3) is 0.667. The first kappa shape index (κ1) is 41.5. The van der Waals surface area contributed by atoms with Crippen LogP contribution in [0.4, 0.5) is 4.79 Å². The molecule has 3 rings (SSSR count). The molecule has 1 aliphatic rings. The predicted molar refractivity (Wildman–Crippen MR) is 198 cm³/mol. The Morgan fingerprint density at radius 1 is 0.961 bits per heavy atom. The van der Waals surface area contributed by atoms with Crippen molar-refractivity contribution in [3.63, 3.8) is 0 Å². The molecule has 284 valence electrons. The largest absolute Gasteiger partial charge is 0.444 e. The second kappa shape index (κ2) is 19.6. The average molecular weight is 711 g/mol. The quantitative estimate of drug-likeness (QED) is 0.183. The van der Waals surface area contributed by atoms with Crippen LogP contribution < -0.4 is 10.6 Å². The molecule has 1 fully saturated rings. The highest BCUT2D eigenvalue weighted by Crippen LogP contribution is 2.30. The number of aliphatic hydroxyl groups is 1. The molecule has 1 aromatic heterocycles. The minimum atomic E-state index is -1.03. The highest BCUT2D eigenvalue weighted by Gasteiger charge is 2.37. The van der Waals surface area contributed by atoms with Gasteiger partial charge in [0.05, 0.1) is 18.5 Å². The number of nitrogens with zero attached hydrogens (tertiary/aromatic N) is 3. The fourth-order valence-corrected chi connectivity index (χ4v) is 6.97. The molecule has 4 amide bonds. The SMILES string of the molecule is CC(C)C[C@H](C[C@H](O)[C@H](CC1CCCCC1)NC(=O)C(Cc1cnc[nH]1)N(C)C(=O)C(Cc1ccccc1)NC(=O)OC(C)(C)C)C(=O)N(C)C. The Morgan fingerprint density at radius 3 is 2.20 bits per heavy atom. The van der Waals surface area contributed by atoms with Crippen molar-refractivity contribution in [2.75, 3.05) is 21.1 Å². The van der Waals surface area contributed by atoms with Crippen molar-refractivity contribution in [2.24, 2.45) is 17.8 Å². The fourth-order valence-electron chi connectivity index (χ4n) is 6.97. The van der Waals surface area contributed by atoms with Crippen molar-refractivity contribution < 1.29 is 29.0 Å². The van der Waals surface area contributed by atoms with Crippen LogP contribution in [0.2, 0.25) is 0 Å². The van der Waals surface area contributed by atoms with Gasteiger partial charge < -0.3 is 35.3 Å². The van der Waals surface area contributed by atoms with Gasteiger partial charge in [-0.2, -0.15) is 0 Å². The number of aromatic amines is 1. The van der Waals surface area contributed by atoms with Gasteiger partial charge in [-0.05, 0) is 57.4 Å². The van der Waals surface area contributed by atoms with Crippen molar-refractivity contribution in [3.05, 3.63) is 54.1 Å². The Bertz CT molecular complexity index is 1370. The molecule has 0 bridgehead atoms. The summed E-state index contributed by atoms with van der Waals surface area (Å²) in [5.74, 6) is -0.782. The van der Waals surface area contributed by atoms with Crippen LogP contribution in [-0.2, 0) is 32.0 Å². The zero-order valence-electron chi connectivity index (χ0n) is 32.0. The molecule has 0 radical (unpaired) electrons. The number of hydrogen-bond donors (Lipinski definition) is 4. The van der Waals surface area contributed by atoms with Gasteiger partial charge in [-0.1, -0.05) is 76.3 Å². The normalized spacial score (nSPS) is 16.7. The van der Waals surface area contributed by atoms with E-state index in [4.69, 9.17) is 4.74 Å². The lowest BCUT2D eigenvalue weighted by molar-refractivity contribution is -0.141. The van der Waals surface area contributed by atoms with Crippen LogP contribution in [0.25, 0.3) is 0 Å². The highest BCUT2D eigenvalue weighted by atomic mass is 16.6. The number of aromatic nitrogens is 2. The van der Waals surface area contributed by atoms with E-state index in [9.17, 15) is 24.3 Å². The lowest BCUT2D eigenvalue weighted by Crippen LogP contribution is -2.58. The van der Waals surface area contributed by atoms with E-state index in [1.807, 2.05) is 30.3 Å². The number of carbonyl (C=O) groups is 4. The van der Waals surface area contributed by atoms with Crippen LogP contribution in [0.15, 0.2) is 42.9 Å². The van der Waals surface area contributed by atoms with Crippen LogP contribution in [0.5, 0.6) is 0 Å². The Hall–Kier alpha value is -3.93. The number of rotatable bonds is 17. The number of amides is 4. The lowest BCUT2D eigenvalue weighted by atomic mass is 9.81. The number of ether oxygens (including phenoxy) is 1. The number of benzene rings is 1. The van der Waals surface area contributed by atoms with Crippen LogP contribution >= 0.6 is 0 Å². The van der Waals surface area contributed by atoms with Gasteiger partial charge in [-0.15, -0.1) is 0 Å². The van der Waals surface area contributed by atoms with Gasteiger partial charge in [0.25, 0.3) is 0 Å². The van der Waals surface area contributed by atoms with Crippen LogP contribution in [0.3, 0.4) is 0 Å². The van der Waals surface area contributed by atoms with E-state index in [0.29, 0.717) is 24.5 Å². The second-order valence-electron chi connectivity index (χ2n) is 15.9. The number of likely N-dealkylation sites (N-methyl/N-ethyl adjacent to an activating group) is 1. The summed E-state index contributed by atoms with van der Waals surface area (Å²) in [5.41, 5.74) is 0.694. The van der Waals surface area contributed by atoms with Gasteiger partial charge in [-0.25, -0.2) is 9.78 Å². The van der Waals surface area contributed by atoms with Crippen LogP contribution in [-0.4, -0.2) is 99.7 Å². The maximum absolute atomic E-state index is 14.4. The summed E-state index contributed by atoms with van der Waals surface area (Å²) < 4.78 is 5.50. The van der Waals surface area contributed by atoms with Crippen molar-refractivity contribution in [1.82, 2.24) is 30.4 Å². The molecule has 2 unspecified atom stereocenters. The third kappa shape index (κ3) is 14.0. The van der Waals surface area contributed by atoms with E-state index in [1.54, 1.807) is 53.0 Å². The predicted octanol–water partition coefficient (Wildman–Crippen LogP) is 4.87. The second-order valence-corrected chi connectivity index (χ2v) is 15.9. The molecule has 1 heterocycles. The molecule has 1 saturated carbocycles. The third-order valence-corrected chi connectivity index (χ3v) is 9.53. The number of alkyl carbamates (subject to hydrolysis) is 1. The molecule has 2 aromatic rings. The monoisotopic (exact) mass is 710 g/mol. The van der Waals surface area contributed by atoms with E-state index in [-0.39, 0.29) is 31.1 Å². The van der Waals surface area contributed by atoms with E-state index in [2.05, 4.69) is 34.4 Å². The molecule has 1 aromatic carbocycles. The summed E-state index contributed by atoms with van der Waals surface area (Å²) in [6.07, 6.45) is 8.52. The number of H-pyrrole nitrogens is 1. The minimum Gasteiger partial charge on any atom is -0.444 e. The van der Waals surface area contributed by atoms with E-state index in [1.165, 1.54) is 17.6 Å². The number of hydrogen-bond acceptors (Lipinski definition) is 7. The zero-order valence-corrected chi connectivity index (χ0v) is 32.0. The smallest absolute Gasteiger partial charge is 0.408 e. The molecule has 0 saturated heterocycles. The summed E-state index contributed by atoms with van der Waals surface area (Å²) in [7, 11) is 5.00. The van der Waals surface area contributed by atoms with Gasteiger partial charge in [-0.3, -0.25) is 14.4 Å². The molecule has 5 atom stereocenters.